The normalized spacial score (nSPS) is 18.4. The summed E-state index contributed by atoms with van der Waals surface area (Å²) in [6.45, 7) is 4.47. The highest BCUT2D eigenvalue weighted by molar-refractivity contribution is 6.30. The molecule has 1 aliphatic rings. The number of rotatable bonds is 6. The second kappa shape index (κ2) is 8.85. The number of nitrogens with zero attached hydrogens (tertiary/aromatic N) is 4. The lowest BCUT2D eigenvalue weighted by atomic mass is 10.1. The SMILES string of the molecule is CC1CNCC1N(C)c1ccc(-n2ccc(OCc3ccc(Cl)cn3)cc2=O)cn1. The van der Waals surface area contributed by atoms with Crippen LogP contribution in [0.25, 0.3) is 5.69 Å². The third kappa shape index (κ3) is 4.47. The van der Waals surface area contributed by atoms with Crippen LogP contribution in [0.15, 0.2) is 59.8 Å². The van der Waals surface area contributed by atoms with E-state index in [0.717, 1.165) is 24.6 Å². The van der Waals surface area contributed by atoms with Crippen molar-refractivity contribution in [3.63, 3.8) is 0 Å². The van der Waals surface area contributed by atoms with E-state index in [-0.39, 0.29) is 12.2 Å². The lowest BCUT2D eigenvalue weighted by Crippen LogP contribution is -2.37. The first-order valence-electron chi connectivity index (χ1n) is 9.87. The van der Waals surface area contributed by atoms with Crippen molar-refractivity contribution in [1.82, 2.24) is 19.9 Å². The summed E-state index contributed by atoms with van der Waals surface area (Å²) >= 11 is 5.83. The van der Waals surface area contributed by atoms with E-state index >= 15 is 0 Å². The molecule has 2 unspecified atom stereocenters. The van der Waals surface area contributed by atoms with Crippen molar-refractivity contribution < 1.29 is 4.74 Å². The Balaban J connectivity index is 1.45. The summed E-state index contributed by atoms with van der Waals surface area (Å²) in [6, 6.07) is 11.0. The van der Waals surface area contributed by atoms with Crippen molar-refractivity contribution in [1.29, 1.82) is 0 Å². The van der Waals surface area contributed by atoms with Crippen molar-refractivity contribution in [2.75, 3.05) is 25.0 Å². The summed E-state index contributed by atoms with van der Waals surface area (Å²) in [6.07, 6.45) is 4.98. The molecule has 8 heteroatoms. The molecule has 0 aliphatic carbocycles. The van der Waals surface area contributed by atoms with Gasteiger partial charge in [0, 0.05) is 38.1 Å². The van der Waals surface area contributed by atoms with Crippen LogP contribution in [-0.4, -0.2) is 40.7 Å². The standard InChI is InChI=1S/C22H24ClN5O2/c1-15-10-24-13-20(15)27(2)21-6-5-18(12-26-21)28-8-7-19(9-22(28)29)30-14-17-4-3-16(23)11-25-17/h3-9,11-12,15,20,24H,10,13-14H2,1-2H3. The number of hydrogen-bond acceptors (Lipinski definition) is 6. The molecule has 7 nitrogen and oxygen atoms in total. The Morgan fingerprint density at radius 3 is 2.70 bits per heavy atom. The van der Waals surface area contributed by atoms with Crippen LogP contribution < -0.4 is 20.5 Å². The molecule has 1 saturated heterocycles. The van der Waals surface area contributed by atoms with E-state index < -0.39 is 0 Å². The third-order valence-electron chi connectivity index (χ3n) is 5.41. The number of nitrogens with one attached hydrogen (secondary N) is 1. The monoisotopic (exact) mass is 425 g/mol. The highest BCUT2D eigenvalue weighted by Crippen LogP contribution is 2.21. The van der Waals surface area contributed by atoms with Crippen LogP contribution in [0.1, 0.15) is 12.6 Å². The fraction of sp³-hybridized carbons (Fsp3) is 0.318. The first-order chi connectivity index (χ1) is 14.5. The minimum absolute atomic E-state index is 0.187. The molecule has 30 heavy (non-hydrogen) atoms. The van der Waals surface area contributed by atoms with Crippen LogP contribution in [0.4, 0.5) is 5.82 Å². The van der Waals surface area contributed by atoms with E-state index in [4.69, 9.17) is 16.3 Å². The number of hydrogen-bond donors (Lipinski definition) is 1. The van der Waals surface area contributed by atoms with E-state index in [0.29, 0.717) is 28.4 Å². The fourth-order valence-corrected chi connectivity index (χ4v) is 3.74. The van der Waals surface area contributed by atoms with E-state index in [2.05, 4.69) is 34.2 Å². The molecule has 1 aliphatic heterocycles. The van der Waals surface area contributed by atoms with E-state index in [1.807, 2.05) is 12.1 Å². The summed E-state index contributed by atoms with van der Waals surface area (Å²) < 4.78 is 7.22. The van der Waals surface area contributed by atoms with E-state index in [9.17, 15) is 4.79 Å². The molecule has 4 heterocycles. The Morgan fingerprint density at radius 2 is 2.07 bits per heavy atom. The fourth-order valence-electron chi connectivity index (χ4n) is 3.63. The molecule has 0 saturated carbocycles. The molecule has 0 amide bonds. The van der Waals surface area contributed by atoms with Crippen molar-refractivity contribution in [2.24, 2.45) is 5.92 Å². The minimum Gasteiger partial charge on any atom is -0.487 e. The molecule has 4 rings (SSSR count). The quantitative estimate of drug-likeness (QED) is 0.654. The Labute approximate surface area is 180 Å². The zero-order valence-electron chi connectivity index (χ0n) is 17.0. The van der Waals surface area contributed by atoms with Gasteiger partial charge in [0.2, 0.25) is 0 Å². The summed E-state index contributed by atoms with van der Waals surface area (Å²) in [5, 5.41) is 3.98. The number of anilines is 1. The molecule has 0 aromatic carbocycles. The van der Waals surface area contributed by atoms with Gasteiger partial charge in [0.1, 0.15) is 18.2 Å². The highest BCUT2D eigenvalue weighted by atomic mass is 35.5. The van der Waals surface area contributed by atoms with E-state index in [1.54, 1.807) is 41.4 Å². The van der Waals surface area contributed by atoms with Gasteiger partial charge in [-0.3, -0.25) is 14.3 Å². The van der Waals surface area contributed by atoms with Crippen molar-refractivity contribution in [2.45, 2.75) is 19.6 Å². The van der Waals surface area contributed by atoms with E-state index in [1.165, 1.54) is 6.07 Å². The van der Waals surface area contributed by atoms with Crippen LogP contribution in [-0.2, 0) is 6.61 Å². The molecular formula is C22H24ClN5O2. The topological polar surface area (TPSA) is 72.3 Å². The third-order valence-corrected chi connectivity index (χ3v) is 5.64. The molecular weight excluding hydrogens is 402 g/mol. The van der Waals surface area contributed by atoms with Crippen molar-refractivity contribution >= 4 is 17.4 Å². The van der Waals surface area contributed by atoms with Gasteiger partial charge >= 0.3 is 0 Å². The number of likely N-dealkylation sites (N-methyl/N-ethyl adjacent to an activating group) is 1. The molecule has 156 valence electrons. The molecule has 0 radical (unpaired) electrons. The first kappa shape index (κ1) is 20.4. The van der Waals surface area contributed by atoms with Crippen LogP contribution in [0, 0.1) is 5.92 Å². The molecule has 0 spiro atoms. The van der Waals surface area contributed by atoms with Gasteiger partial charge in [-0.1, -0.05) is 18.5 Å². The van der Waals surface area contributed by atoms with Gasteiger partial charge in [-0.2, -0.15) is 0 Å². The predicted molar refractivity (Wildman–Crippen MR) is 118 cm³/mol. The summed E-state index contributed by atoms with van der Waals surface area (Å²) in [7, 11) is 2.06. The Morgan fingerprint density at radius 1 is 1.20 bits per heavy atom. The molecule has 3 aromatic heterocycles. The van der Waals surface area contributed by atoms with Crippen LogP contribution in [0.2, 0.25) is 5.02 Å². The maximum atomic E-state index is 12.6. The van der Waals surface area contributed by atoms with Crippen molar-refractivity contribution in [3.05, 3.63) is 76.1 Å². The van der Waals surface area contributed by atoms with Gasteiger partial charge < -0.3 is 15.0 Å². The van der Waals surface area contributed by atoms with Crippen LogP contribution >= 0.6 is 11.6 Å². The Bertz CT molecular complexity index is 1050. The van der Waals surface area contributed by atoms with Gasteiger partial charge in [-0.05, 0) is 42.8 Å². The molecule has 1 fully saturated rings. The summed E-state index contributed by atoms with van der Waals surface area (Å²) in [4.78, 5) is 23.5. The summed E-state index contributed by atoms with van der Waals surface area (Å²) in [5.74, 6) is 1.94. The number of pyridine rings is 3. The molecule has 0 bridgehead atoms. The molecule has 2 atom stereocenters. The second-order valence-electron chi connectivity index (χ2n) is 7.52. The first-order valence-corrected chi connectivity index (χ1v) is 10.2. The number of halogens is 1. The zero-order chi connectivity index (χ0) is 21.1. The second-order valence-corrected chi connectivity index (χ2v) is 7.95. The van der Waals surface area contributed by atoms with Crippen LogP contribution in [0.5, 0.6) is 5.75 Å². The molecule has 3 aromatic rings. The number of aromatic nitrogens is 3. The minimum atomic E-state index is -0.187. The predicted octanol–water partition coefficient (Wildman–Crippen LogP) is 2.90. The van der Waals surface area contributed by atoms with Gasteiger partial charge in [-0.15, -0.1) is 0 Å². The molecule has 1 N–H and O–H groups in total. The number of ether oxygens (including phenoxy) is 1. The largest absolute Gasteiger partial charge is 0.487 e. The lowest BCUT2D eigenvalue weighted by molar-refractivity contribution is 0.300. The maximum absolute atomic E-state index is 12.6. The van der Waals surface area contributed by atoms with Gasteiger partial charge in [0.05, 0.1) is 22.6 Å². The lowest BCUT2D eigenvalue weighted by Gasteiger charge is -2.28. The average Bonchev–Trinajstić information content (AvgIpc) is 3.19. The maximum Gasteiger partial charge on any atom is 0.258 e. The van der Waals surface area contributed by atoms with Crippen LogP contribution in [0.3, 0.4) is 0 Å². The van der Waals surface area contributed by atoms with Gasteiger partial charge in [-0.25, -0.2) is 4.98 Å². The van der Waals surface area contributed by atoms with Gasteiger partial charge in [0.25, 0.3) is 5.56 Å². The average molecular weight is 426 g/mol. The Kier molecular flexibility index (Phi) is 6.01. The van der Waals surface area contributed by atoms with Gasteiger partial charge in [0.15, 0.2) is 0 Å². The Hall–Kier alpha value is -2.90. The highest BCUT2D eigenvalue weighted by Gasteiger charge is 2.27. The van der Waals surface area contributed by atoms with Crippen molar-refractivity contribution in [3.8, 4) is 11.4 Å². The zero-order valence-corrected chi connectivity index (χ0v) is 17.7. The summed E-state index contributed by atoms with van der Waals surface area (Å²) in [5.41, 5.74) is 1.26. The smallest absolute Gasteiger partial charge is 0.258 e.